The fourth-order valence-electron chi connectivity index (χ4n) is 3.98. The number of rotatable bonds is 3. The van der Waals surface area contributed by atoms with Gasteiger partial charge in [0.1, 0.15) is 11.2 Å². The second-order valence-electron chi connectivity index (χ2n) is 7.91. The largest absolute Gasteiger partial charge is 0.383 e. The van der Waals surface area contributed by atoms with E-state index in [9.17, 15) is 19.5 Å². The second kappa shape index (κ2) is 7.21. The van der Waals surface area contributed by atoms with Crippen molar-refractivity contribution in [2.24, 2.45) is 7.05 Å². The van der Waals surface area contributed by atoms with Crippen LogP contribution >= 0.6 is 0 Å². The summed E-state index contributed by atoms with van der Waals surface area (Å²) in [5.41, 5.74) is 0.479. The quantitative estimate of drug-likeness (QED) is 0.678. The van der Waals surface area contributed by atoms with Crippen LogP contribution in [-0.2, 0) is 19.1 Å². The molecule has 2 N–H and O–H groups in total. The van der Waals surface area contributed by atoms with Crippen LogP contribution in [0.15, 0.2) is 39.9 Å². The lowest BCUT2D eigenvalue weighted by molar-refractivity contribution is 0.0418. The third-order valence-corrected chi connectivity index (χ3v) is 5.84. The number of carbonyl (C=O) groups excluding carboxylic acids is 1. The minimum Gasteiger partial charge on any atom is -0.383 e. The standard InChI is InChI=1S/C22H24N4O4/c1-4-15-11-16(17-18(23-15)25(3)21(29)24-19(17)27)20(28)26-10-9-22(30,12-26)14-7-5-13(2)6-8-14/h5-8,11,30H,4,9-10,12H2,1-3H3,(H,24,27,29). The highest BCUT2D eigenvalue weighted by Gasteiger charge is 2.40. The number of nitrogens with one attached hydrogen (secondary N) is 1. The molecule has 1 aromatic carbocycles. The molecule has 1 unspecified atom stereocenters. The molecule has 4 rings (SSSR count). The number of hydrogen-bond acceptors (Lipinski definition) is 5. The summed E-state index contributed by atoms with van der Waals surface area (Å²) in [5.74, 6) is -0.357. The van der Waals surface area contributed by atoms with Gasteiger partial charge in [-0.2, -0.15) is 0 Å². The van der Waals surface area contributed by atoms with Gasteiger partial charge in [-0.05, 0) is 31.4 Å². The van der Waals surface area contributed by atoms with E-state index in [4.69, 9.17) is 0 Å². The average molecular weight is 408 g/mol. The summed E-state index contributed by atoms with van der Waals surface area (Å²) in [4.78, 5) is 46.1. The Hall–Kier alpha value is -3.26. The number of amides is 1. The van der Waals surface area contributed by atoms with E-state index in [1.54, 1.807) is 11.0 Å². The maximum Gasteiger partial charge on any atom is 0.329 e. The topological polar surface area (TPSA) is 108 Å². The zero-order valence-corrected chi connectivity index (χ0v) is 17.2. The van der Waals surface area contributed by atoms with E-state index in [1.807, 2.05) is 38.1 Å². The number of β-amino-alcohol motifs (C(OH)–C–C–N with tert-alkyl or cyclic N) is 1. The number of fused-ring (bicyclic) bond motifs is 1. The first kappa shape index (κ1) is 20.0. The Bertz CT molecular complexity index is 1260. The third kappa shape index (κ3) is 3.23. The van der Waals surface area contributed by atoms with Gasteiger partial charge in [-0.25, -0.2) is 9.78 Å². The predicted molar refractivity (Wildman–Crippen MR) is 113 cm³/mol. The van der Waals surface area contributed by atoms with E-state index in [0.717, 1.165) is 11.1 Å². The molecule has 3 aromatic rings. The summed E-state index contributed by atoms with van der Waals surface area (Å²) in [7, 11) is 1.51. The molecule has 1 fully saturated rings. The fraction of sp³-hybridized carbons (Fsp3) is 0.364. The lowest BCUT2D eigenvalue weighted by Gasteiger charge is -2.24. The minimum absolute atomic E-state index is 0.0880. The van der Waals surface area contributed by atoms with Crippen LogP contribution in [0.1, 0.15) is 40.5 Å². The number of pyridine rings is 1. The molecular weight excluding hydrogens is 384 g/mol. The van der Waals surface area contributed by atoms with Crippen molar-refractivity contribution in [1.29, 1.82) is 0 Å². The van der Waals surface area contributed by atoms with E-state index in [-0.39, 0.29) is 29.0 Å². The first-order chi connectivity index (χ1) is 14.2. The van der Waals surface area contributed by atoms with E-state index >= 15 is 0 Å². The smallest absolute Gasteiger partial charge is 0.329 e. The molecule has 0 radical (unpaired) electrons. The molecule has 2 aromatic heterocycles. The zero-order chi connectivity index (χ0) is 21.6. The number of aromatic nitrogens is 3. The van der Waals surface area contributed by atoms with Gasteiger partial charge in [0, 0.05) is 19.3 Å². The van der Waals surface area contributed by atoms with Crippen LogP contribution in [0.25, 0.3) is 11.0 Å². The normalized spacial score (nSPS) is 18.9. The minimum atomic E-state index is -1.14. The van der Waals surface area contributed by atoms with Crippen LogP contribution < -0.4 is 11.2 Å². The predicted octanol–water partition coefficient (Wildman–Crippen LogP) is 1.23. The summed E-state index contributed by atoms with van der Waals surface area (Å²) < 4.78 is 1.24. The molecule has 0 spiro atoms. The van der Waals surface area contributed by atoms with Crippen LogP contribution in [0.5, 0.6) is 0 Å². The molecule has 8 heteroatoms. The molecule has 1 atom stereocenters. The molecular formula is C22H24N4O4. The van der Waals surface area contributed by atoms with E-state index < -0.39 is 16.9 Å². The monoisotopic (exact) mass is 408 g/mol. The Balaban J connectivity index is 1.77. The Morgan fingerprint density at radius 1 is 1.27 bits per heavy atom. The van der Waals surface area contributed by atoms with Gasteiger partial charge in [0.15, 0.2) is 0 Å². The number of benzene rings is 1. The lowest BCUT2D eigenvalue weighted by atomic mass is 9.92. The SMILES string of the molecule is CCc1cc(C(=O)N2CCC(O)(c3ccc(C)cc3)C2)c2c(=O)[nH]c(=O)n(C)c2n1. The highest BCUT2D eigenvalue weighted by Crippen LogP contribution is 2.33. The number of aryl methyl sites for hydroxylation is 3. The molecule has 0 aliphatic carbocycles. The van der Waals surface area contributed by atoms with Crippen molar-refractivity contribution in [3.63, 3.8) is 0 Å². The average Bonchev–Trinajstić information content (AvgIpc) is 3.14. The van der Waals surface area contributed by atoms with Gasteiger partial charge >= 0.3 is 5.69 Å². The second-order valence-corrected chi connectivity index (χ2v) is 7.91. The van der Waals surface area contributed by atoms with Gasteiger partial charge in [-0.1, -0.05) is 36.8 Å². The van der Waals surface area contributed by atoms with Crippen LogP contribution in [-0.4, -0.2) is 43.5 Å². The van der Waals surface area contributed by atoms with Gasteiger partial charge < -0.3 is 10.0 Å². The molecule has 30 heavy (non-hydrogen) atoms. The number of hydrogen-bond donors (Lipinski definition) is 2. The number of carbonyl (C=O) groups is 1. The number of nitrogens with zero attached hydrogens (tertiary/aromatic N) is 3. The maximum atomic E-state index is 13.4. The maximum absolute atomic E-state index is 13.4. The summed E-state index contributed by atoms with van der Waals surface area (Å²) in [6, 6.07) is 9.22. The Morgan fingerprint density at radius 3 is 2.63 bits per heavy atom. The molecule has 8 nitrogen and oxygen atoms in total. The number of H-pyrrole nitrogens is 1. The summed E-state index contributed by atoms with van der Waals surface area (Å²) >= 11 is 0. The highest BCUT2D eigenvalue weighted by molar-refractivity contribution is 6.05. The molecule has 0 saturated carbocycles. The fourth-order valence-corrected chi connectivity index (χ4v) is 3.98. The zero-order valence-electron chi connectivity index (χ0n) is 17.2. The van der Waals surface area contributed by atoms with Crippen LogP contribution in [0.4, 0.5) is 0 Å². The van der Waals surface area contributed by atoms with Gasteiger partial charge in [0.25, 0.3) is 11.5 Å². The lowest BCUT2D eigenvalue weighted by Crippen LogP contribution is -2.36. The summed E-state index contributed by atoms with van der Waals surface area (Å²) in [6.07, 6.45) is 0.949. The summed E-state index contributed by atoms with van der Waals surface area (Å²) in [5, 5.41) is 11.2. The van der Waals surface area contributed by atoms with Crippen LogP contribution in [0.2, 0.25) is 0 Å². The van der Waals surface area contributed by atoms with Crippen molar-refractivity contribution in [3.05, 3.63) is 73.6 Å². The number of aliphatic hydroxyl groups is 1. The van der Waals surface area contributed by atoms with Crippen molar-refractivity contribution >= 4 is 16.9 Å². The van der Waals surface area contributed by atoms with Crippen molar-refractivity contribution in [2.45, 2.75) is 32.3 Å². The van der Waals surface area contributed by atoms with Gasteiger partial charge in [-0.15, -0.1) is 0 Å². The van der Waals surface area contributed by atoms with Crippen LogP contribution in [0, 0.1) is 6.92 Å². The third-order valence-electron chi connectivity index (χ3n) is 5.84. The number of likely N-dealkylation sites (tertiary alicyclic amines) is 1. The summed E-state index contributed by atoms with van der Waals surface area (Å²) in [6.45, 7) is 4.35. The first-order valence-electron chi connectivity index (χ1n) is 9.95. The molecule has 1 amide bonds. The van der Waals surface area contributed by atoms with Crippen molar-refractivity contribution in [3.8, 4) is 0 Å². The van der Waals surface area contributed by atoms with Gasteiger partial charge in [-0.3, -0.25) is 19.1 Å². The Labute approximate surface area is 172 Å². The molecule has 156 valence electrons. The first-order valence-corrected chi connectivity index (χ1v) is 9.95. The van der Waals surface area contributed by atoms with Crippen molar-refractivity contribution in [2.75, 3.05) is 13.1 Å². The van der Waals surface area contributed by atoms with Crippen molar-refractivity contribution in [1.82, 2.24) is 19.4 Å². The molecule has 1 aliphatic rings. The van der Waals surface area contributed by atoms with E-state index in [2.05, 4.69) is 9.97 Å². The molecule has 1 aliphatic heterocycles. The Morgan fingerprint density at radius 2 is 1.97 bits per heavy atom. The van der Waals surface area contributed by atoms with Crippen LogP contribution in [0.3, 0.4) is 0 Å². The molecule has 1 saturated heterocycles. The van der Waals surface area contributed by atoms with Crippen molar-refractivity contribution < 1.29 is 9.90 Å². The number of aromatic amines is 1. The van der Waals surface area contributed by atoms with Gasteiger partial charge in [0.05, 0.1) is 17.5 Å². The highest BCUT2D eigenvalue weighted by atomic mass is 16.3. The van der Waals surface area contributed by atoms with E-state index in [0.29, 0.717) is 25.1 Å². The Kier molecular flexibility index (Phi) is 4.82. The molecule has 3 heterocycles. The van der Waals surface area contributed by atoms with E-state index in [1.165, 1.54) is 11.6 Å². The molecule has 0 bridgehead atoms. The van der Waals surface area contributed by atoms with Gasteiger partial charge in [0.2, 0.25) is 0 Å².